The van der Waals surface area contributed by atoms with Gasteiger partial charge < -0.3 is 20.7 Å². The molecule has 0 radical (unpaired) electrons. The molecular weight excluding hydrogens is 374 g/mol. The molecule has 2 aromatic carbocycles. The molecule has 152 valence electrons. The predicted octanol–water partition coefficient (Wildman–Crippen LogP) is 2.85. The second kappa shape index (κ2) is 10.6. The van der Waals surface area contributed by atoms with Gasteiger partial charge in [0.2, 0.25) is 11.8 Å². The van der Waals surface area contributed by atoms with Crippen LogP contribution < -0.4 is 16.0 Å². The van der Waals surface area contributed by atoms with Crippen LogP contribution in [0.3, 0.4) is 0 Å². The van der Waals surface area contributed by atoms with Gasteiger partial charge in [-0.25, -0.2) is 0 Å². The smallest absolute Gasteiger partial charge is 0.306 e. The summed E-state index contributed by atoms with van der Waals surface area (Å²) in [5.41, 5.74) is 2.70. The third-order valence-corrected chi connectivity index (χ3v) is 3.83. The molecule has 0 heterocycles. The van der Waals surface area contributed by atoms with Gasteiger partial charge in [0.1, 0.15) is 0 Å². The highest BCUT2D eigenvalue weighted by Gasteiger charge is 2.11. The molecule has 0 fully saturated rings. The SMILES string of the molecule is CC(=O)Nc1ccc(NC(=O)CCC(=O)OCC(=O)Nc2ccccc2C)cc1. The standard InChI is InChI=1S/C21H23N3O5/c1-14-5-3-4-6-18(14)24-20(27)13-29-21(28)12-11-19(26)23-17-9-7-16(8-10-17)22-15(2)25/h3-10H,11-13H2,1-2H3,(H,22,25)(H,23,26)(H,24,27). The van der Waals surface area contributed by atoms with E-state index < -0.39 is 18.5 Å². The zero-order valence-corrected chi connectivity index (χ0v) is 16.3. The molecule has 0 aromatic heterocycles. The number of nitrogens with one attached hydrogen (secondary N) is 3. The fourth-order valence-electron chi connectivity index (χ4n) is 2.40. The van der Waals surface area contributed by atoms with E-state index in [1.807, 2.05) is 19.1 Å². The number of hydrogen-bond acceptors (Lipinski definition) is 5. The Morgan fingerprint density at radius 3 is 2.03 bits per heavy atom. The fourth-order valence-corrected chi connectivity index (χ4v) is 2.40. The summed E-state index contributed by atoms with van der Waals surface area (Å²) in [6.45, 7) is 2.84. The number of amides is 3. The number of benzene rings is 2. The third-order valence-electron chi connectivity index (χ3n) is 3.83. The van der Waals surface area contributed by atoms with Gasteiger partial charge in [-0.3, -0.25) is 19.2 Å². The lowest BCUT2D eigenvalue weighted by molar-refractivity contribution is -0.147. The van der Waals surface area contributed by atoms with Gasteiger partial charge in [-0.2, -0.15) is 0 Å². The number of anilines is 3. The second-order valence-corrected chi connectivity index (χ2v) is 6.33. The quantitative estimate of drug-likeness (QED) is 0.593. The topological polar surface area (TPSA) is 114 Å². The maximum Gasteiger partial charge on any atom is 0.306 e. The Balaban J connectivity index is 1.69. The minimum atomic E-state index is -0.638. The molecule has 0 bridgehead atoms. The number of ether oxygens (including phenoxy) is 1. The van der Waals surface area contributed by atoms with Crippen LogP contribution >= 0.6 is 0 Å². The Morgan fingerprint density at radius 1 is 0.793 bits per heavy atom. The molecule has 2 rings (SSSR count). The number of para-hydroxylation sites is 1. The van der Waals surface area contributed by atoms with Gasteiger partial charge in [0, 0.05) is 30.4 Å². The van der Waals surface area contributed by atoms with E-state index in [2.05, 4.69) is 16.0 Å². The van der Waals surface area contributed by atoms with Crippen LogP contribution in [0.2, 0.25) is 0 Å². The first-order valence-electron chi connectivity index (χ1n) is 9.02. The molecule has 0 unspecified atom stereocenters. The highest BCUT2D eigenvalue weighted by Crippen LogP contribution is 2.14. The zero-order chi connectivity index (χ0) is 21.2. The van der Waals surface area contributed by atoms with Gasteiger partial charge in [-0.15, -0.1) is 0 Å². The largest absolute Gasteiger partial charge is 0.456 e. The summed E-state index contributed by atoms with van der Waals surface area (Å²) in [4.78, 5) is 46.5. The molecule has 3 N–H and O–H groups in total. The normalized spacial score (nSPS) is 10.0. The maximum atomic E-state index is 11.9. The Kier molecular flexibility index (Phi) is 7.90. The van der Waals surface area contributed by atoms with Crippen molar-refractivity contribution in [1.29, 1.82) is 0 Å². The average Bonchev–Trinajstić information content (AvgIpc) is 2.68. The molecular formula is C21H23N3O5. The van der Waals surface area contributed by atoms with Crippen LogP contribution in [0.4, 0.5) is 17.1 Å². The van der Waals surface area contributed by atoms with Gasteiger partial charge in [0.05, 0.1) is 6.42 Å². The van der Waals surface area contributed by atoms with Crippen LogP contribution in [-0.4, -0.2) is 30.3 Å². The number of rotatable bonds is 8. The Labute approximate surface area is 168 Å². The van der Waals surface area contributed by atoms with Crippen LogP contribution in [0.15, 0.2) is 48.5 Å². The lowest BCUT2D eigenvalue weighted by Crippen LogP contribution is -2.22. The summed E-state index contributed by atoms with van der Waals surface area (Å²) in [5, 5.41) is 7.92. The Bertz CT molecular complexity index is 893. The van der Waals surface area contributed by atoms with Crippen LogP contribution in [0.1, 0.15) is 25.3 Å². The van der Waals surface area contributed by atoms with E-state index in [9.17, 15) is 19.2 Å². The molecule has 0 aliphatic rings. The maximum absolute atomic E-state index is 11.9. The van der Waals surface area contributed by atoms with Crippen molar-refractivity contribution < 1.29 is 23.9 Å². The molecule has 0 aliphatic carbocycles. The average molecular weight is 397 g/mol. The van der Waals surface area contributed by atoms with Crippen LogP contribution in [0.25, 0.3) is 0 Å². The number of hydrogen-bond donors (Lipinski definition) is 3. The summed E-state index contributed by atoms with van der Waals surface area (Å²) in [6.07, 6.45) is -0.223. The minimum Gasteiger partial charge on any atom is -0.456 e. The van der Waals surface area contributed by atoms with E-state index in [1.165, 1.54) is 6.92 Å². The van der Waals surface area contributed by atoms with Crippen molar-refractivity contribution in [3.05, 3.63) is 54.1 Å². The number of aryl methyl sites for hydroxylation is 1. The molecule has 3 amide bonds. The highest BCUT2D eigenvalue weighted by molar-refractivity contribution is 5.95. The number of carbonyl (C=O) groups excluding carboxylic acids is 4. The first-order valence-corrected chi connectivity index (χ1v) is 9.02. The highest BCUT2D eigenvalue weighted by atomic mass is 16.5. The predicted molar refractivity (Wildman–Crippen MR) is 109 cm³/mol. The van der Waals surface area contributed by atoms with E-state index in [0.29, 0.717) is 17.1 Å². The summed E-state index contributed by atoms with van der Waals surface area (Å²) < 4.78 is 4.90. The van der Waals surface area contributed by atoms with Crippen LogP contribution in [-0.2, 0) is 23.9 Å². The molecule has 0 spiro atoms. The van der Waals surface area contributed by atoms with Crippen molar-refractivity contribution in [2.24, 2.45) is 0 Å². The van der Waals surface area contributed by atoms with Crippen molar-refractivity contribution in [2.75, 3.05) is 22.6 Å². The minimum absolute atomic E-state index is 0.0777. The Hall–Kier alpha value is -3.68. The van der Waals surface area contributed by atoms with Crippen molar-refractivity contribution in [1.82, 2.24) is 0 Å². The van der Waals surface area contributed by atoms with Crippen molar-refractivity contribution in [3.8, 4) is 0 Å². The van der Waals surface area contributed by atoms with Gasteiger partial charge >= 0.3 is 5.97 Å². The van der Waals surface area contributed by atoms with Gasteiger partial charge in [0.25, 0.3) is 5.91 Å². The Morgan fingerprint density at radius 2 is 1.41 bits per heavy atom. The lowest BCUT2D eigenvalue weighted by atomic mass is 10.2. The van der Waals surface area contributed by atoms with Gasteiger partial charge in [0.15, 0.2) is 6.61 Å². The lowest BCUT2D eigenvalue weighted by Gasteiger charge is -2.09. The van der Waals surface area contributed by atoms with Crippen molar-refractivity contribution in [2.45, 2.75) is 26.7 Å². The van der Waals surface area contributed by atoms with E-state index in [0.717, 1.165) is 5.56 Å². The van der Waals surface area contributed by atoms with E-state index >= 15 is 0 Å². The zero-order valence-electron chi connectivity index (χ0n) is 16.3. The first kappa shape index (κ1) is 21.6. The monoisotopic (exact) mass is 397 g/mol. The third kappa shape index (κ3) is 7.84. The summed E-state index contributed by atoms with van der Waals surface area (Å²) in [6, 6.07) is 13.8. The summed E-state index contributed by atoms with van der Waals surface area (Å²) >= 11 is 0. The number of esters is 1. The van der Waals surface area contributed by atoms with E-state index in [1.54, 1.807) is 36.4 Å². The van der Waals surface area contributed by atoms with Crippen LogP contribution in [0.5, 0.6) is 0 Å². The number of carbonyl (C=O) groups is 4. The van der Waals surface area contributed by atoms with E-state index in [4.69, 9.17) is 4.74 Å². The molecule has 29 heavy (non-hydrogen) atoms. The molecule has 0 saturated heterocycles. The molecule has 0 atom stereocenters. The van der Waals surface area contributed by atoms with Crippen LogP contribution in [0, 0.1) is 6.92 Å². The fraction of sp³-hybridized carbons (Fsp3) is 0.238. The van der Waals surface area contributed by atoms with E-state index in [-0.39, 0.29) is 24.7 Å². The van der Waals surface area contributed by atoms with Gasteiger partial charge in [-0.1, -0.05) is 18.2 Å². The second-order valence-electron chi connectivity index (χ2n) is 6.33. The first-order chi connectivity index (χ1) is 13.8. The summed E-state index contributed by atoms with van der Waals surface area (Å²) in [7, 11) is 0. The molecule has 0 saturated carbocycles. The molecule has 2 aromatic rings. The molecule has 8 nitrogen and oxygen atoms in total. The molecule has 0 aliphatic heterocycles. The summed E-state index contributed by atoms with van der Waals surface area (Å²) in [5.74, 6) is -1.64. The van der Waals surface area contributed by atoms with Crippen molar-refractivity contribution >= 4 is 40.8 Å². The van der Waals surface area contributed by atoms with Crippen molar-refractivity contribution in [3.63, 3.8) is 0 Å². The molecule has 8 heteroatoms. The van der Waals surface area contributed by atoms with Gasteiger partial charge in [-0.05, 0) is 42.8 Å².